The Hall–Kier alpha value is 0.320. The van der Waals surface area contributed by atoms with Crippen LogP contribution in [0.15, 0.2) is 0 Å². The van der Waals surface area contributed by atoms with E-state index in [-0.39, 0.29) is 12.4 Å². The van der Waals surface area contributed by atoms with E-state index in [9.17, 15) is 4.79 Å². The molecular formula is C5H9IO3. The molecule has 0 saturated heterocycles. The Kier molecular flexibility index (Phi) is 6.67. The summed E-state index contributed by atoms with van der Waals surface area (Å²) in [6.07, 6.45) is 0. The van der Waals surface area contributed by atoms with Crippen LogP contribution in [0.3, 0.4) is 0 Å². The molecule has 0 aliphatic carbocycles. The van der Waals surface area contributed by atoms with Crippen LogP contribution < -0.4 is 0 Å². The van der Waals surface area contributed by atoms with Crippen molar-refractivity contribution >= 4 is 28.8 Å². The summed E-state index contributed by atoms with van der Waals surface area (Å²) in [5.74, 6) is 0.0449. The molecule has 0 aliphatic heterocycles. The van der Waals surface area contributed by atoms with Crippen LogP contribution in [-0.4, -0.2) is 25.6 Å². The number of ketones is 1. The molecule has 3 nitrogen and oxygen atoms in total. The minimum absolute atomic E-state index is 0.0449. The van der Waals surface area contributed by atoms with Crippen LogP contribution in [0.25, 0.3) is 0 Å². The lowest BCUT2D eigenvalue weighted by Crippen LogP contribution is -2.07. The minimum Gasteiger partial charge on any atom is -0.371 e. The number of halogens is 1. The fourth-order valence-corrected chi connectivity index (χ4v) is 0.486. The molecule has 54 valence electrons. The van der Waals surface area contributed by atoms with Crippen LogP contribution >= 0.6 is 23.0 Å². The second-order valence-electron chi connectivity index (χ2n) is 1.57. The van der Waals surface area contributed by atoms with E-state index in [1.165, 1.54) is 6.92 Å². The summed E-state index contributed by atoms with van der Waals surface area (Å²) in [4.78, 5) is 10.2. The Morgan fingerprint density at radius 3 is 2.67 bits per heavy atom. The molecule has 0 aromatic carbocycles. The second kappa shape index (κ2) is 6.44. The molecule has 0 spiro atoms. The van der Waals surface area contributed by atoms with Gasteiger partial charge in [-0.1, -0.05) is 0 Å². The lowest BCUT2D eigenvalue weighted by atomic mass is 10.5. The molecule has 0 aromatic rings. The summed E-state index contributed by atoms with van der Waals surface area (Å²) in [7, 11) is 0. The SMILES string of the molecule is CC(=O)COCCOI. The Bertz CT molecular complexity index is 84.3. The molecule has 0 aromatic heterocycles. The van der Waals surface area contributed by atoms with Crippen molar-refractivity contribution < 1.29 is 12.6 Å². The second-order valence-corrected chi connectivity index (χ2v) is 2.19. The topological polar surface area (TPSA) is 35.5 Å². The van der Waals surface area contributed by atoms with Crippen molar-refractivity contribution in [2.45, 2.75) is 6.92 Å². The Balaban J connectivity index is 2.83. The molecule has 4 heteroatoms. The van der Waals surface area contributed by atoms with E-state index in [2.05, 4.69) is 3.07 Å². The van der Waals surface area contributed by atoms with Crippen molar-refractivity contribution in [2.75, 3.05) is 19.8 Å². The van der Waals surface area contributed by atoms with Crippen LogP contribution in [0, 0.1) is 0 Å². The highest BCUT2D eigenvalue weighted by Crippen LogP contribution is 1.84. The fourth-order valence-electron chi connectivity index (χ4n) is 0.306. The first-order valence-electron chi connectivity index (χ1n) is 2.58. The number of rotatable bonds is 5. The van der Waals surface area contributed by atoms with Gasteiger partial charge in [0.2, 0.25) is 0 Å². The summed E-state index contributed by atoms with van der Waals surface area (Å²) < 4.78 is 9.51. The lowest BCUT2D eigenvalue weighted by molar-refractivity contribution is -0.121. The number of carbonyl (C=O) groups excluding carboxylic acids is 1. The van der Waals surface area contributed by atoms with Gasteiger partial charge in [-0.3, -0.25) is 4.79 Å². The first kappa shape index (κ1) is 9.32. The van der Waals surface area contributed by atoms with Gasteiger partial charge in [-0.15, -0.1) is 0 Å². The molecule has 9 heavy (non-hydrogen) atoms. The van der Waals surface area contributed by atoms with Gasteiger partial charge in [0.1, 0.15) is 29.6 Å². The monoisotopic (exact) mass is 244 g/mol. The molecule has 0 radical (unpaired) electrons. The van der Waals surface area contributed by atoms with E-state index < -0.39 is 0 Å². The number of ether oxygens (including phenoxy) is 1. The molecule has 0 N–H and O–H groups in total. The van der Waals surface area contributed by atoms with E-state index in [0.717, 1.165) is 0 Å². The van der Waals surface area contributed by atoms with Gasteiger partial charge < -0.3 is 7.80 Å². The molecule has 0 unspecified atom stereocenters. The third-order valence-corrected chi connectivity index (χ3v) is 1.05. The first-order valence-corrected chi connectivity index (χ1v) is 3.46. The van der Waals surface area contributed by atoms with Gasteiger partial charge in [-0.2, -0.15) is 0 Å². The van der Waals surface area contributed by atoms with Crippen LogP contribution in [-0.2, 0) is 12.6 Å². The van der Waals surface area contributed by atoms with Crippen LogP contribution in [0.5, 0.6) is 0 Å². The van der Waals surface area contributed by atoms with E-state index in [1.54, 1.807) is 23.0 Å². The number of Topliss-reactive ketones (excluding diaryl/α,β-unsaturated/α-hetero) is 1. The summed E-state index contributed by atoms with van der Waals surface area (Å²) in [6.45, 7) is 2.71. The molecule has 0 atom stereocenters. The predicted octanol–water partition coefficient (Wildman–Crippen LogP) is 0.959. The van der Waals surface area contributed by atoms with Gasteiger partial charge in [-0.25, -0.2) is 0 Å². The van der Waals surface area contributed by atoms with E-state index >= 15 is 0 Å². The van der Waals surface area contributed by atoms with Gasteiger partial charge in [0, 0.05) is 0 Å². The Morgan fingerprint density at radius 2 is 2.22 bits per heavy atom. The van der Waals surface area contributed by atoms with E-state index in [0.29, 0.717) is 13.2 Å². The van der Waals surface area contributed by atoms with E-state index in [1.807, 2.05) is 0 Å². The molecule has 0 fully saturated rings. The maximum Gasteiger partial charge on any atom is 0.155 e. The average Bonchev–Trinajstić information content (AvgIpc) is 1.80. The third-order valence-electron chi connectivity index (χ3n) is 0.610. The molecule has 0 rings (SSSR count). The lowest BCUT2D eigenvalue weighted by Gasteiger charge is -1.97. The maximum atomic E-state index is 10.2. The van der Waals surface area contributed by atoms with Crippen molar-refractivity contribution in [2.24, 2.45) is 0 Å². The zero-order valence-electron chi connectivity index (χ0n) is 5.22. The zero-order valence-corrected chi connectivity index (χ0v) is 7.38. The minimum atomic E-state index is 0.0449. The normalized spacial score (nSPS) is 9.56. The summed E-state index contributed by atoms with van der Waals surface area (Å²) in [5.41, 5.74) is 0. The van der Waals surface area contributed by atoms with Gasteiger partial charge in [-0.05, 0) is 6.92 Å². The molecule has 0 saturated carbocycles. The zero-order chi connectivity index (χ0) is 7.11. The third kappa shape index (κ3) is 8.32. The van der Waals surface area contributed by atoms with Gasteiger partial charge in [0.05, 0.1) is 13.2 Å². The molecular weight excluding hydrogens is 235 g/mol. The fraction of sp³-hybridized carbons (Fsp3) is 0.800. The summed E-state index contributed by atoms with van der Waals surface area (Å²) in [6, 6.07) is 0. The van der Waals surface area contributed by atoms with Crippen molar-refractivity contribution in [1.82, 2.24) is 0 Å². The van der Waals surface area contributed by atoms with Gasteiger partial charge in [0.25, 0.3) is 0 Å². The van der Waals surface area contributed by atoms with E-state index in [4.69, 9.17) is 4.74 Å². The van der Waals surface area contributed by atoms with Gasteiger partial charge >= 0.3 is 0 Å². The molecule has 0 aliphatic rings. The quantitative estimate of drug-likeness (QED) is 0.533. The standard InChI is InChI=1S/C5H9IO3/c1-5(7)4-8-2-3-9-6/h2-4H2,1H3. The summed E-state index contributed by atoms with van der Waals surface area (Å²) >= 11 is 1.78. The Morgan fingerprint density at radius 1 is 1.56 bits per heavy atom. The highest BCUT2D eigenvalue weighted by atomic mass is 127. The smallest absolute Gasteiger partial charge is 0.155 e. The average molecular weight is 244 g/mol. The van der Waals surface area contributed by atoms with Crippen molar-refractivity contribution in [1.29, 1.82) is 0 Å². The predicted molar refractivity (Wildman–Crippen MR) is 41.5 cm³/mol. The Labute approximate surface area is 68.4 Å². The molecule has 0 amide bonds. The summed E-state index contributed by atoms with van der Waals surface area (Å²) in [5, 5.41) is 0. The number of carbonyl (C=O) groups is 1. The van der Waals surface area contributed by atoms with Crippen LogP contribution in [0.1, 0.15) is 6.92 Å². The van der Waals surface area contributed by atoms with Crippen LogP contribution in [0.2, 0.25) is 0 Å². The van der Waals surface area contributed by atoms with Crippen molar-refractivity contribution in [3.8, 4) is 0 Å². The number of hydrogen-bond donors (Lipinski definition) is 0. The van der Waals surface area contributed by atoms with Gasteiger partial charge in [0.15, 0.2) is 5.78 Å². The highest BCUT2D eigenvalue weighted by Gasteiger charge is 1.90. The largest absolute Gasteiger partial charge is 0.371 e. The molecule has 0 bridgehead atoms. The number of hydrogen-bond acceptors (Lipinski definition) is 3. The molecule has 0 heterocycles. The first-order chi connectivity index (χ1) is 4.27. The van der Waals surface area contributed by atoms with Crippen molar-refractivity contribution in [3.05, 3.63) is 0 Å². The highest BCUT2D eigenvalue weighted by molar-refractivity contribution is 14.1. The van der Waals surface area contributed by atoms with Crippen LogP contribution in [0.4, 0.5) is 0 Å². The maximum absolute atomic E-state index is 10.2. The van der Waals surface area contributed by atoms with Crippen molar-refractivity contribution in [3.63, 3.8) is 0 Å².